The third-order valence-electron chi connectivity index (χ3n) is 2.87. The Morgan fingerprint density at radius 1 is 1.23 bits per heavy atom. The molecule has 1 aromatic heterocycles. The molecule has 8 heteroatoms. The molecular weight excluding hydrogens is 301 g/mol. The quantitative estimate of drug-likeness (QED) is 0.890. The maximum Gasteiger partial charge on any atom is 0.573 e. The number of aliphatic hydroxyl groups is 1. The van der Waals surface area contributed by atoms with E-state index in [0.29, 0.717) is 29.8 Å². The molecule has 0 aliphatic carbocycles. The highest BCUT2D eigenvalue weighted by Crippen LogP contribution is 2.29. The van der Waals surface area contributed by atoms with Crippen LogP contribution in [0.25, 0.3) is 11.1 Å². The van der Waals surface area contributed by atoms with Crippen molar-refractivity contribution in [2.45, 2.75) is 19.5 Å². The molecule has 0 aliphatic heterocycles. The van der Waals surface area contributed by atoms with Gasteiger partial charge in [0.25, 0.3) is 0 Å². The van der Waals surface area contributed by atoms with Gasteiger partial charge < -0.3 is 14.6 Å². The van der Waals surface area contributed by atoms with E-state index in [1.54, 1.807) is 24.1 Å². The summed E-state index contributed by atoms with van der Waals surface area (Å²) in [7, 11) is 1.57. The van der Waals surface area contributed by atoms with Crippen LogP contribution in [0.4, 0.5) is 13.2 Å². The minimum absolute atomic E-state index is 0.321. The van der Waals surface area contributed by atoms with Crippen LogP contribution in [0.2, 0.25) is 0 Å². The fraction of sp³-hybridized carbons (Fsp3) is 0.357. The number of ether oxygens (including phenoxy) is 2. The Hall–Kier alpha value is -2.06. The lowest BCUT2D eigenvalue weighted by Gasteiger charge is -2.11. The zero-order chi connectivity index (χ0) is 16.2. The molecular formula is C14H15F3N2O3. The highest BCUT2D eigenvalue weighted by atomic mass is 19.4. The fourth-order valence-electron chi connectivity index (χ4n) is 1.93. The van der Waals surface area contributed by atoms with Gasteiger partial charge in [-0.1, -0.05) is 0 Å². The Bertz CT molecular complexity index is 626. The van der Waals surface area contributed by atoms with Crippen molar-refractivity contribution < 1.29 is 27.8 Å². The monoisotopic (exact) mass is 316 g/mol. The molecule has 0 amide bonds. The Labute approximate surface area is 124 Å². The first-order valence-electron chi connectivity index (χ1n) is 6.43. The molecule has 1 heterocycles. The van der Waals surface area contributed by atoms with E-state index in [1.165, 1.54) is 12.3 Å². The molecule has 1 N–H and O–H groups in total. The van der Waals surface area contributed by atoms with Gasteiger partial charge >= 0.3 is 6.36 Å². The number of halogens is 3. The van der Waals surface area contributed by atoms with Crippen LogP contribution in [-0.2, 0) is 17.9 Å². The topological polar surface area (TPSA) is 56.5 Å². The summed E-state index contributed by atoms with van der Waals surface area (Å²) in [5, 5.41) is 13.3. The number of benzene rings is 1. The number of rotatable bonds is 6. The lowest BCUT2D eigenvalue weighted by Crippen LogP contribution is -2.17. The number of methoxy groups -OCH3 is 1. The zero-order valence-electron chi connectivity index (χ0n) is 11.8. The first kappa shape index (κ1) is 16.3. The lowest BCUT2D eigenvalue weighted by atomic mass is 10.1. The van der Waals surface area contributed by atoms with Gasteiger partial charge in [-0.2, -0.15) is 5.10 Å². The first-order chi connectivity index (χ1) is 10.4. The summed E-state index contributed by atoms with van der Waals surface area (Å²) < 4.78 is 47.5. The molecule has 0 saturated heterocycles. The number of aromatic nitrogens is 2. The Kier molecular flexibility index (Phi) is 5.04. The van der Waals surface area contributed by atoms with Gasteiger partial charge in [0, 0.05) is 18.9 Å². The van der Waals surface area contributed by atoms with E-state index >= 15 is 0 Å². The van der Waals surface area contributed by atoms with Crippen molar-refractivity contribution in [1.82, 2.24) is 9.78 Å². The van der Waals surface area contributed by atoms with Gasteiger partial charge in [-0.25, -0.2) is 0 Å². The van der Waals surface area contributed by atoms with Crippen LogP contribution < -0.4 is 4.74 Å². The highest BCUT2D eigenvalue weighted by Gasteiger charge is 2.31. The molecule has 0 bridgehead atoms. The van der Waals surface area contributed by atoms with E-state index in [2.05, 4.69) is 9.84 Å². The molecule has 120 valence electrons. The number of hydrogen-bond acceptors (Lipinski definition) is 4. The van der Waals surface area contributed by atoms with E-state index in [1.807, 2.05) is 0 Å². The normalized spacial score (nSPS) is 11.7. The van der Waals surface area contributed by atoms with Gasteiger partial charge in [0.15, 0.2) is 0 Å². The van der Waals surface area contributed by atoms with Crippen molar-refractivity contribution in [2.75, 3.05) is 13.7 Å². The van der Waals surface area contributed by atoms with E-state index in [0.717, 1.165) is 6.07 Å². The third kappa shape index (κ3) is 4.47. The average molecular weight is 316 g/mol. The molecule has 1 aromatic carbocycles. The zero-order valence-corrected chi connectivity index (χ0v) is 11.8. The van der Waals surface area contributed by atoms with Crippen LogP contribution in [-0.4, -0.2) is 35.0 Å². The van der Waals surface area contributed by atoms with Gasteiger partial charge in [0.1, 0.15) is 5.75 Å². The summed E-state index contributed by atoms with van der Waals surface area (Å²) in [5.41, 5.74) is 1.43. The van der Waals surface area contributed by atoms with E-state index < -0.39 is 6.36 Å². The molecule has 5 nitrogen and oxygen atoms in total. The molecule has 2 rings (SSSR count). The minimum Gasteiger partial charge on any atom is -0.406 e. The predicted molar refractivity (Wildman–Crippen MR) is 72.1 cm³/mol. The van der Waals surface area contributed by atoms with Crippen molar-refractivity contribution in [1.29, 1.82) is 0 Å². The number of hydrogen-bond donors (Lipinski definition) is 1. The largest absolute Gasteiger partial charge is 0.573 e. The molecule has 0 aliphatic rings. The second-order valence-corrected chi connectivity index (χ2v) is 4.56. The van der Waals surface area contributed by atoms with Crippen molar-refractivity contribution >= 4 is 0 Å². The van der Waals surface area contributed by atoms with E-state index in [-0.39, 0.29) is 12.4 Å². The van der Waals surface area contributed by atoms with Gasteiger partial charge in [-0.05, 0) is 29.3 Å². The second-order valence-electron chi connectivity index (χ2n) is 4.56. The Morgan fingerprint density at radius 3 is 2.64 bits per heavy atom. The first-order valence-corrected chi connectivity index (χ1v) is 6.43. The van der Waals surface area contributed by atoms with Crippen molar-refractivity contribution in [2.24, 2.45) is 0 Å². The number of nitrogens with zero attached hydrogens (tertiary/aromatic N) is 2. The van der Waals surface area contributed by atoms with Gasteiger partial charge in [-0.15, -0.1) is 13.2 Å². The standard InChI is InChI=1S/C14H15F3N2O3/c1-21-3-2-19-8-12(7-18-19)11-4-10(9-20)5-13(6-11)22-14(15,16)17/h4-8,20H,2-3,9H2,1H3. The van der Waals surface area contributed by atoms with Crippen LogP contribution in [0.15, 0.2) is 30.6 Å². The molecule has 2 aromatic rings. The molecule has 0 spiro atoms. The van der Waals surface area contributed by atoms with Gasteiger partial charge in [0.2, 0.25) is 0 Å². The molecule has 0 unspecified atom stereocenters. The number of alkyl halides is 3. The molecule has 0 fully saturated rings. The maximum atomic E-state index is 12.3. The van der Waals surface area contributed by atoms with E-state index in [9.17, 15) is 18.3 Å². The maximum absolute atomic E-state index is 12.3. The van der Waals surface area contributed by atoms with Crippen LogP contribution in [0, 0.1) is 0 Å². The summed E-state index contributed by atoms with van der Waals surface area (Å²) in [4.78, 5) is 0. The predicted octanol–water partition coefficient (Wildman–Crippen LogP) is 2.59. The molecule has 0 saturated carbocycles. The van der Waals surface area contributed by atoms with Crippen LogP contribution in [0.5, 0.6) is 5.75 Å². The third-order valence-corrected chi connectivity index (χ3v) is 2.87. The summed E-state index contributed by atoms with van der Waals surface area (Å²) >= 11 is 0. The van der Waals surface area contributed by atoms with E-state index in [4.69, 9.17) is 4.74 Å². The van der Waals surface area contributed by atoms with Crippen LogP contribution >= 0.6 is 0 Å². The summed E-state index contributed by atoms with van der Waals surface area (Å²) in [5.74, 6) is -0.376. The highest BCUT2D eigenvalue weighted by molar-refractivity contribution is 5.64. The summed E-state index contributed by atoms with van der Waals surface area (Å²) in [6, 6.07) is 3.98. The SMILES string of the molecule is COCCn1cc(-c2cc(CO)cc(OC(F)(F)F)c2)cn1. The summed E-state index contributed by atoms with van der Waals surface area (Å²) in [6.45, 7) is 0.613. The smallest absolute Gasteiger partial charge is 0.406 e. The molecule has 0 atom stereocenters. The van der Waals surface area contributed by atoms with Crippen molar-refractivity contribution in [3.63, 3.8) is 0 Å². The minimum atomic E-state index is -4.78. The van der Waals surface area contributed by atoms with Crippen LogP contribution in [0.3, 0.4) is 0 Å². The Morgan fingerprint density at radius 2 is 2.00 bits per heavy atom. The van der Waals surface area contributed by atoms with Crippen molar-refractivity contribution in [3.05, 3.63) is 36.2 Å². The average Bonchev–Trinajstić information content (AvgIpc) is 2.91. The second kappa shape index (κ2) is 6.80. The fourth-order valence-corrected chi connectivity index (χ4v) is 1.93. The lowest BCUT2D eigenvalue weighted by molar-refractivity contribution is -0.274. The molecule has 22 heavy (non-hydrogen) atoms. The van der Waals surface area contributed by atoms with Gasteiger partial charge in [-0.3, -0.25) is 4.68 Å². The number of aliphatic hydroxyl groups excluding tert-OH is 1. The van der Waals surface area contributed by atoms with Crippen LogP contribution in [0.1, 0.15) is 5.56 Å². The Balaban J connectivity index is 2.29. The van der Waals surface area contributed by atoms with Gasteiger partial charge in [0.05, 0.1) is 26.0 Å². The van der Waals surface area contributed by atoms with Crippen molar-refractivity contribution in [3.8, 4) is 16.9 Å². The summed E-state index contributed by atoms with van der Waals surface area (Å²) in [6.07, 6.45) is -1.57. The molecule has 0 radical (unpaired) electrons.